The molecule has 0 atom stereocenters. The van der Waals surface area contributed by atoms with Gasteiger partial charge in [-0.3, -0.25) is 4.90 Å². The van der Waals surface area contributed by atoms with Crippen molar-refractivity contribution >= 4 is 34.8 Å². The minimum absolute atomic E-state index is 0. The lowest BCUT2D eigenvalue weighted by atomic mass is 10.3. The van der Waals surface area contributed by atoms with Gasteiger partial charge in [0.25, 0.3) is 0 Å². The van der Waals surface area contributed by atoms with E-state index in [0.717, 1.165) is 26.2 Å². The Balaban J connectivity index is 0.00000312. The van der Waals surface area contributed by atoms with Crippen molar-refractivity contribution in [2.45, 2.75) is 4.90 Å². The van der Waals surface area contributed by atoms with E-state index < -0.39 is 10.0 Å². The highest BCUT2D eigenvalue weighted by Gasteiger charge is 2.26. The van der Waals surface area contributed by atoms with E-state index in [-0.39, 0.29) is 41.2 Å². The SMILES string of the molecule is COc1cc(OC)c(S(=O)(=O)NCCN2CCNCC2)c(OC)c1.Cl.Cl. The quantitative estimate of drug-likeness (QED) is 0.627. The van der Waals surface area contributed by atoms with Crippen molar-refractivity contribution in [3.63, 3.8) is 0 Å². The van der Waals surface area contributed by atoms with Crippen LogP contribution in [-0.4, -0.2) is 73.9 Å². The molecule has 1 heterocycles. The third-order valence-corrected chi connectivity index (χ3v) is 5.39. The van der Waals surface area contributed by atoms with Gasteiger partial charge in [0, 0.05) is 51.4 Å². The summed E-state index contributed by atoms with van der Waals surface area (Å²) < 4.78 is 43.6. The third-order valence-electron chi connectivity index (χ3n) is 3.87. The molecule has 0 amide bonds. The Hall–Kier alpha value is -0.970. The molecule has 0 bridgehead atoms. The number of methoxy groups -OCH3 is 3. The molecule has 1 aromatic rings. The predicted octanol–water partition coefficient (Wildman–Crippen LogP) is 0.739. The highest BCUT2D eigenvalue weighted by molar-refractivity contribution is 7.89. The van der Waals surface area contributed by atoms with Crippen molar-refractivity contribution in [3.8, 4) is 17.2 Å². The Morgan fingerprint density at radius 1 is 1.04 bits per heavy atom. The minimum atomic E-state index is -3.77. The monoisotopic (exact) mass is 431 g/mol. The van der Waals surface area contributed by atoms with Crippen LogP contribution in [0.2, 0.25) is 0 Å². The number of benzene rings is 1. The number of nitrogens with one attached hydrogen (secondary N) is 2. The summed E-state index contributed by atoms with van der Waals surface area (Å²) in [4.78, 5) is 2.19. The Morgan fingerprint density at radius 2 is 1.58 bits per heavy atom. The molecule has 1 aliphatic rings. The fraction of sp³-hybridized carbons (Fsp3) is 0.600. The van der Waals surface area contributed by atoms with E-state index in [1.54, 1.807) is 0 Å². The van der Waals surface area contributed by atoms with Crippen LogP contribution in [0.5, 0.6) is 17.2 Å². The van der Waals surface area contributed by atoms with Gasteiger partial charge in [0.1, 0.15) is 17.2 Å². The summed E-state index contributed by atoms with van der Waals surface area (Å²) in [7, 11) is 0.546. The maximum absolute atomic E-state index is 12.7. The number of sulfonamides is 1. The highest BCUT2D eigenvalue weighted by atomic mass is 35.5. The standard InChI is InChI=1S/C15H25N3O5S.2ClH/c1-21-12-10-13(22-2)15(14(11-12)23-3)24(19,20)17-6-9-18-7-4-16-5-8-18;;/h10-11,16-17H,4-9H2,1-3H3;2*1H. The highest BCUT2D eigenvalue weighted by Crippen LogP contribution is 2.37. The lowest BCUT2D eigenvalue weighted by Gasteiger charge is -2.27. The molecule has 26 heavy (non-hydrogen) atoms. The van der Waals surface area contributed by atoms with Crippen molar-refractivity contribution < 1.29 is 22.6 Å². The van der Waals surface area contributed by atoms with Crippen molar-refractivity contribution in [2.75, 3.05) is 60.6 Å². The molecule has 0 aromatic heterocycles. The van der Waals surface area contributed by atoms with Gasteiger partial charge in [-0.2, -0.15) is 0 Å². The van der Waals surface area contributed by atoms with Gasteiger partial charge in [0.05, 0.1) is 21.3 Å². The molecule has 0 spiro atoms. The summed E-state index contributed by atoms with van der Waals surface area (Å²) in [6.07, 6.45) is 0. The average Bonchev–Trinajstić information content (AvgIpc) is 2.61. The van der Waals surface area contributed by atoms with E-state index in [1.807, 2.05) is 0 Å². The van der Waals surface area contributed by atoms with Crippen molar-refractivity contribution in [1.29, 1.82) is 0 Å². The number of hydrogen-bond acceptors (Lipinski definition) is 7. The first-order valence-corrected chi connectivity index (χ1v) is 9.23. The normalized spacial score (nSPS) is 14.7. The van der Waals surface area contributed by atoms with E-state index in [9.17, 15) is 8.42 Å². The van der Waals surface area contributed by atoms with Crippen molar-refractivity contribution in [3.05, 3.63) is 12.1 Å². The number of ether oxygens (including phenoxy) is 3. The van der Waals surface area contributed by atoms with Crippen LogP contribution in [0.25, 0.3) is 0 Å². The van der Waals surface area contributed by atoms with Gasteiger partial charge in [-0.1, -0.05) is 0 Å². The molecule has 8 nitrogen and oxygen atoms in total. The Morgan fingerprint density at radius 3 is 2.04 bits per heavy atom. The maximum Gasteiger partial charge on any atom is 0.248 e. The topological polar surface area (TPSA) is 89.1 Å². The van der Waals surface area contributed by atoms with E-state index in [0.29, 0.717) is 18.8 Å². The zero-order valence-corrected chi connectivity index (χ0v) is 17.6. The first-order chi connectivity index (χ1) is 11.5. The molecule has 2 N–H and O–H groups in total. The molecule has 0 unspecified atom stereocenters. The van der Waals surface area contributed by atoms with Gasteiger partial charge in [-0.25, -0.2) is 13.1 Å². The Kier molecular flexibility index (Phi) is 11.2. The summed E-state index contributed by atoms with van der Waals surface area (Å²) in [5.41, 5.74) is 0. The number of halogens is 2. The van der Waals surface area contributed by atoms with Crippen LogP contribution >= 0.6 is 24.8 Å². The summed E-state index contributed by atoms with van der Waals surface area (Å²) >= 11 is 0. The molecular weight excluding hydrogens is 405 g/mol. The Bertz CT molecular complexity index is 630. The molecule has 1 aliphatic heterocycles. The van der Waals surface area contributed by atoms with Crippen LogP contribution in [0.3, 0.4) is 0 Å². The molecule has 152 valence electrons. The molecule has 0 aliphatic carbocycles. The molecule has 0 saturated carbocycles. The lowest BCUT2D eigenvalue weighted by Crippen LogP contribution is -2.46. The van der Waals surface area contributed by atoms with Gasteiger partial charge in [0.2, 0.25) is 10.0 Å². The lowest BCUT2D eigenvalue weighted by molar-refractivity contribution is 0.245. The van der Waals surface area contributed by atoms with Crippen LogP contribution in [0, 0.1) is 0 Å². The Labute approximate surface area is 167 Å². The molecule has 2 rings (SSSR count). The van der Waals surface area contributed by atoms with Crippen LogP contribution in [0.15, 0.2) is 17.0 Å². The molecule has 1 fully saturated rings. The van der Waals surface area contributed by atoms with E-state index in [2.05, 4.69) is 14.9 Å². The second-order valence-electron chi connectivity index (χ2n) is 5.35. The third kappa shape index (κ3) is 6.33. The van der Waals surface area contributed by atoms with Crippen LogP contribution in [-0.2, 0) is 10.0 Å². The summed E-state index contributed by atoms with van der Waals surface area (Å²) in [5, 5.41) is 3.26. The average molecular weight is 432 g/mol. The zero-order chi connectivity index (χ0) is 17.6. The minimum Gasteiger partial charge on any atom is -0.496 e. The van der Waals surface area contributed by atoms with Crippen molar-refractivity contribution in [1.82, 2.24) is 14.9 Å². The number of rotatable bonds is 8. The van der Waals surface area contributed by atoms with Crippen LogP contribution in [0.1, 0.15) is 0 Å². The van der Waals surface area contributed by atoms with Gasteiger partial charge < -0.3 is 19.5 Å². The first-order valence-electron chi connectivity index (χ1n) is 7.74. The van der Waals surface area contributed by atoms with E-state index in [1.165, 1.54) is 33.5 Å². The fourth-order valence-corrected chi connectivity index (χ4v) is 3.90. The maximum atomic E-state index is 12.7. The first kappa shape index (κ1) is 25.0. The molecular formula is C15H27Cl2N3O5S. The van der Waals surface area contributed by atoms with Crippen LogP contribution < -0.4 is 24.2 Å². The van der Waals surface area contributed by atoms with Gasteiger partial charge in [-0.15, -0.1) is 24.8 Å². The second-order valence-corrected chi connectivity index (χ2v) is 7.05. The fourth-order valence-electron chi connectivity index (χ4n) is 2.58. The number of piperazine rings is 1. The largest absolute Gasteiger partial charge is 0.496 e. The van der Waals surface area contributed by atoms with E-state index >= 15 is 0 Å². The van der Waals surface area contributed by atoms with Gasteiger partial charge in [0.15, 0.2) is 4.90 Å². The van der Waals surface area contributed by atoms with Gasteiger partial charge >= 0.3 is 0 Å². The smallest absolute Gasteiger partial charge is 0.248 e. The van der Waals surface area contributed by atoms with E-state index in [4.69, 9.17) is 14.2 Å². The van der Waals surface area contributed by atoms with Gasteiger partial charge in [-0.05, 0) is 0 Å². The summed E-state index contributed by atoms with van der Waals surface area (Å²) in [6.45, 7) is 4.65. The number of hydrogen-bond donors (Lipinski definition) is 2. The zero-order valence-electron chi connectivity index (χ0n) is 15.1. The molecule has 0 radical (unpaired) electrons. The molecule has 1 aromatic carbocycles. The van der Waals surface area contributed by atoms with Crippen LogP contribution in [0.4, 0.5) is 0 Å². The summed E-state index contributed by atoms with van der Waals surface area (Å²) in [6, 6.07) is 3.04. The van der Waals surface area contributed by atoms with Crippen molar-refractivity contribution in [2.24, 2.45) is 0 Å². The predicted molar refractivity (Wildman–Crippen MR) is 105 cm³/mol. The number of nitrogens with zero attached hydrogens (tertiary/aromatic N) is 1. The summed E-state index contributed by atoms with van der Waals surface area (Å²) in [5.74, 6) is 0.824. The molecule has 1 saturated heterocycles. The molecule has 11 heteroatoms. The second kappa shape index (κ2) is 11.7.